The summed E-state index contributed by atoms with van der Waals surface area (Å²) < 4.78 is 0. The molecule has 0 amide bonds. The topological polar surface area (TPSA) is 28.2 Å². The van der Waals surface area contributed by atoms with E-state index in [4.69, 9.17) is 0 Å². The number of likely N-dealkylation sites (N-methyl/N-ethyl adjacent to an activating group) is 1. The van der Waals surface area contributed by atoms with Crippen molar-refractivity contribution in [2.45, 2.75) is 38.1 Å². The molecule has 0 saturated heterocycles. The van der Waals surface area contributed by atoms with Crippen LogP contribution in [0.1, 0.15) is 31.4 Å². The SMILES string of the molecule is Cc1cccc(NCC2(N(C)C)CCCC2)n1. The van der Waals surface area contributed by atoms with Crippen LogP contribution in [-0.4, -0.2) is 36.1 Å². The third-order valence-electron chi connectivity index (χ3n) is 3.97. The van der Waals surface area contributed by atoms with Crippen LogP contribution >= 0.6 is 0 Å². The number of aryl methyl sites for hydroxylation is 1. The molecule has 0 spiro atoms. The van der Waals surface area contributed by atoms with Crippen molar-refractivity contribution < 1.29 is 0 Å². The average molecular weight is 233 g/mol. The van der Waals surface area contributed by atoms with E-state index in [0.29, 0.717) is 5.54 Å². The van der Waals surface area contributed by atoms with Crippen LogP contribution in [0.15, 0.2) is 18.2 Å². The van der Waals surface area contributed by atoms with Crippen molar-refractivity contribution in [2.75, 3.05) is 26.0 Å². The van der Waals surface area contributed by atoms with Crippen LogP contribution in [0.5, 0.6) is 0 Å². The molecule has 1 aromatic rings. The minimum absolute atomic E-state index is 0.325. The Morgan fingerprint density at radius 3 is 2.59 bits per heavy atom. The Morgan fingerprint density at radius 1 is 1.29 bits per heavy atom. The van der Waals surface area contributed by atoms with Crippen molar-refractivity contribution in [1.82, 2.24) is 9.88 Å². The zero-order chi connectivity index (χ0) is 12.3. The molecule has 0 radical (unpaired) electrons. The zero-order valence-electron chi connectivity index (χ0n) is 11.2. The number of hydrogen-bond acceptors (Lipinski definition) is 3. The molecule has 0 aliphatic heterocycles. The van der Waals surface area contributed by atoms with E-state index >= 15 is 0 Å². The molecular weight excluding hydrogens is 210 g/mol. The second-order valence-corrected chi connectivity index (χ2v) is 5.34. The van der Waals surface area contributed by atoms with Crippen LogP contribution in [-0.2, 0) is 0 Å². The van der Waals surface area contributed by atoms with Gasteiger partial charge in [-0.1, -0.05) is 18.9 Å². The predicted molar refractivity (Wildman–Crippen MR) is 72.3 cm³/mol. The maximum atomic E-state index is 4.49. The highest BCUT2D eigenvalue weighted by molar-refractivity contribution is 5.35. The molecule has 3 heteroatoms. The van der Waals surface area contributed by atoms with E-state index in [-0.39, 0.29) is 0 Å². The number of anilines is 1. The predicted octanol–water partition coefficient (Wildman–Crippen LogP) is 2.68. The molecule has 1 heterocycles. The molecule has 1 fully saturated rings. The highest BCUT2D eigenvalue weighted by Crippen LogP contribution is 2.33. The highest BCUT2D eigenvalue weighted by Gasteiger charge is 2.35. The Balaban J connectivity index is 2.01. The second-order valence-electron chi connectivity index (χ2n) is 5.34. The normalized spacial score (nSPS) is 18.6. The van der Waals surface area contributed by atoms with Gasteiger partial charge in [0.1, 0.15) is 5.82 Å². The molecule has 17 heavy (non-hydrogen) atoms. The largest absolute Gasteiger partial charge is 0.368 e. The lowest BCUT2D eigenvalue weighted by atomic mass is 9.96. The summed E-state index contributed by atoms with van der Waals surface area (Å²) >= 11 is 0. The number of nitrogens with one attached hydrogen (secondary N) is 1. The van der Waals surface area contributed by atoms with E-state index in [1.54, 1.807) is 0 Å². The molecule has 0 unspecified atom stereocenters. The molecule has 3 nitrogen and oxygen atoms in total. The fourth-order valence-electron chi connectivity index (χ4n) is 2.71. The van der Waals surface area contributed by atoms with Gasteiger partial charge >= 0.3 is 0 Å². The van der Waals surface area contributed by atoms with Crippen LogP contribution in [0.25, 0.3) is 0 Å². The molecule has 1 aromatic heterocycles. The Labute approximate surface area is 104 Å². The Bertz CT molecular complexity index is 367. The van der Waals surface area contributed by atoms with E-state index in [1.165, 1.54) is 25.7 Å². The quantitative estimate of drug-likeness (QED) is 0.866. The van der Waals surface area contributed by atoms with Crippen LogP contribution in [0.3, 0.4) is 0 Å². The Hall–Kier alpha value is -1.09. The lowest BCUT2D eigenvalue weighted by Gasteiger charge is -2.36. The van der Waals surface area contributed by atoms with Crippen molar-refractivity contribution in [3.8, 4) is 0 Å². The minimum atomic E-state index is 0.325. The molecule has 1 N–H and O–H groups in total. The molecule has 0 bridgehead atoms. The molecule has 1 aliphatic carbocycles. The smallest absolute Gasteiger partial charge is 0.126 e. The molecule has 1 aliphatic rings. The van der Waals surface area contributed by atoms with Crippen LogP contribution < -0.4 is 5.32 Å². The summed E-state index contributed by atoms with van der Waals surface area (Å²) in [5, 5.41) is 3.50. The summed E-state index contributed by atoms with van der Waals surface area (Å²) in [6.07, 6.45) is 5.28. The summed E-state index contributed by atoms with van der Waals surface area (Å²) in [6, 6.07) is 6.13. The van der Waals surface area contributed by atoms with Crippen molar-refractivity contribution in [3.05, 3.63) is 23.9 Å². The van der Waals surface area contributed by atoms with E-state index in [0.717, 1.165) is 18.1 Å². The van der Waals surface area contributed by atoms with Gasteiger partial charge in [-0.2, -0.15) is 0 Å². The molecule has 1 saturated carbocycles. The first kappa shape index (κ1) is 12.4. The first-order chi connectivity index (χ1) is 8.12. The first-order valence-corrected chi connectivity index (χ1v) is 6.47. The Morgan fingerprint density at radius 2 is 2.00 bits per heavy atom. The number of aromatic nitrogens is 1. The van der Waals surface area contributed by atoms with Gasteiger partial charge in [-0.25, -0.2) is 4.98 Å². The third kappa shape index (κ3) is 2.78. The van der Waals surface area contributed by atoms with E-state index in [1.807, 2.05) is 19.1 Å². The maximum Gasteiger partial charge on any atom is 0.126 e. The van der Waals surface area contributed by atoms with Gasteiger partial charge in [-0.15, -0.1) is 0 Å². The van der Waals surface area contributed by atoms with E-state index in [2.05, 4.69) is 35.4 Å². The van der Waals surface area contributed by atoms with Crippen LogP contribution in [0.4, 0.5) is 5.82 Å². The van der Waals surface area contributed by atoms with Crippen molar-refractivity contribution in [3.63, 3.8) is 0 Å². The summed E-state index contributed by atoms with van der Waals surface area (Å²) in [5.74, 6) is 0.998. The van der Waals surface area contributed by atoms with E-state index < -0.39 is 0 Å². The van der Waals surface area contributed by atoms with Gasteiger partial charge < -0.3 is 10.2 Å². The van der Waals surface area contributed by atoms with Crippen LogP contribution in [0.2, 0.25) is 0 Å². The first-order valence-electron chi connectivity index (χ1n) is 6.47. The van der Waals surface area contributed by atoms with Crippen molar-refractivity contribution in [1.29, 1.82) is 0 Å². The molecule has 0 atom stereocenters. The average Bonchev–Trinajstić information content (AvgIpc) is 2.76. The third-order valence-corrected chi connectivity index (χ3v) is 3.97. The lowest BCUT2D eigenvalue weighted by molar-refractivity contribution is 0.172. The van der Waals surface area contributed by atoms with Gasteiger partial charge in [0.05, 0.1) is 0 Å². The van der Waals surface area contributed by atoms with Crippen molar-refractivity contribution >= 4 is 5.82 Å². The number of rotatable bonds is 4. The van der Waals surface area contributed by atoms with Gasteiger partial charge in [-0.05, 0) is 46.0 Å². The van der Waals surface area contributed by atoms with Gasteiger partial charge in [0.2, 0.25) is 0 Å². The van der Waals surface area contributed by atoms with Gasteiger partial charge in [-0.3, -0.25) is 0 Å². The van der Waals surface area contributed by atoms with Gasteiger partial charge in [0, 0.05) is 17.8 Å². The number of nitrogens with zero attached hydrogens (tertiary/aromatic N) is 2. The second kappa shape index (κ2) is 5.05. The Kier molecular flexibility index (Phi) is 3.67. The zero-order valence-corrected chi connectivity index (χ0v) is 11.2. The standard InChI is InChI=1S/C14H23N3/c1-12-7-6-8-13(16-12)15-11-14(17(2)3)9-4-5-10-14/h6-8H,4-5,9-11H2,1-3H3,(H,15,16). The van der Waals surface area contributed by atoms with Gasteiger partial charge in [0.15, 0.2) is 0 Å². The minimum Gasteiger partial charge on any atom is -0.368 e. The number of pyridine rings is 1. The lowest BCUT2D eigenvalue weighted by Crippen LogP contribution is -2.47. The van der Waals surface area contributed by atoms with Crippen molar-refractivity contribution in [2.24, 2.45) is 0 Å². The maximum absolute atomic E-state index is 4.49. The van der Waals surface area contributed by atoms with Gasteiger partial charge in [0.25, 0.3) is 0 Å². The summed E-state index contributed by atoms with van der Waals surface area (Å²) in [4.78, 5) is 6.87. The molecular formula is C14H23N3. The van der Waals surface area contributed by atoms with Crippen LogP contribution in [0, 0.1) is 6.92 Å². The fourth-order valence-corrected chi connectivity index (χ4v) is 2.71. The summed E-state index contributed by atoms with van der Waals surface area (Å²) in [6.45, 7) is 3.03. The number of hydrogen-bond donors (Lipinski definition) is 1. The highest BCUT2D eigenvalue weighted by atomic mass is 15.2. The molecule has 94 valence electrons. The summed E-state index contributed by atoms with van der Waals surface area (Å²) in [5.41, 5.74) is 1.39. The summed E-state index contributed by atoms with van der Waals surface area (Å²) in [7, 11) is 4.38. The monoisotopic (exact) mass is 233 g/mol. The fraction of sp³-hybridized carbons (Fsp3) is 0.643. The molecule has 2 rings (SSSR count). The van der Waals surface area contributed by atoms with E-state index in [9.17, 15) is 0 Å². The molecule has 0 aromatic carbocycles.